The molecule has 7 heteroatoms. The molecule has 1 aromatic carbocycles. The summed E-state index contributed by atoms with van der Waals surface area (Å²) in [6.45, 7) is 3.81. The van der Waals surface area contributed by atoms with Crippen LogP contribution in [-0.2, 0) is 0 Å². The van der Waals surface area contributed by atoms with Crippen molar-refractivity contribution in [2.75, 3.05) is 0 Å². The largest absolute Gasteiger partial charge is 0.437 e. The summed E-state index contributed by atoms with van der Waals surface area (Å²) < 4.78 is 6.79. The van der Waals surface area contributed by atoms with E-state index in [0.717, 1.165) is 32.7 Å². The van der Waals surface area contributed by atoms with Crippen LogP contribution in [-0.4, -0.2) is 19.9 Å². The number of fused-ring (bicyclic) bond motifs is 1. The molecule has 0 aliphatic rings. The predicted octanol–water partition coefficient (Wildman–Crippen LogP) is 4.43. The second-order valence-electron chi connectivity index (χ2n) is 5.65. The highest BCUT2D eigenvalue weighted by molar-refractivity contribution is 7.17. The van der Waals surface area contributed by atoms with E-state index in [1.165, 1.54) is 24.0 Å². The van der Waals surface area contributed by atoms with Gasteiger partial charge in [0.1, 0.15) is 23.1 Å². The molecule has 3 aromatic heterocycles. The van der Waals surface area contributed by atoms with Crippen LogP contribution in [0.25, 0.3) is 21.3 Å². The molecule has 0 aliphatic carbocycles. The van der Waals surface area contributed by atoms with Crippen molar-refractivity contribution in [2.24, 2.45) is 0 Å². The number of nitriles is 1. The number of nitrogens with zero attached hydrogens (tertiary/aromatic N) is 5. The summed E-state index contributed by atoms with van der Waals surface area (Å²) in [6, 6.07) is 9.55. The van der Waals surface area contributed by atoms with Crippen LogP contribution in [0.4, 0.5) is 0 Å². The Morgan fingerprint density at radius 2 is 1.77 bits per heavy atom. The van der Waals surface area contributed by atoms with Crippen LogP contribution >= 0.6 is 11.3 Å². The molecule has 0 amide bonds. The number of rotatable bonds is 3. The van der Waals surface area contributed by atoms with Gasteiger partial charge in [-0.3, -0.25) is 0 Å². The number of hydrogen-bond acceptors (Lipinski definition) is 7. The van der Waals surface area contributed by atoms with Gasteiger partial charge in [0.2, 0.25) is 5.88 Å². The highest BCUT2D eigenvalue weighted by atomic mass is 32.1. The van der Waals surface area contributed by atoms with E-state index in [4.69, 9.17) is 4.74 Å². The van der Waals surface area contributed by atoms with Gasteiger partial charge in [-0.25, -0.2) is 19.9 Å². The molecule has 0 radical (unpaired) electrons. The zero-order chi connectivity index (χ0) is 18.1. The third kappa shape index (κ3) is 2.76. The molecule has 4 rings (SSSR count). The van der Waals surface area contributed by atoms with Crippen LogP contribution < -0.4 is 4.74 Å². The summed E-state index contributed by atoms with van der Waals surface area (Å²) in [5, 5.41) is 11.6. The van der Waals surface area contributed by atoms with E-state index in [1.807, 2.05) is 37.4 Å². The van der Waals surface area contributed by atoms with E-state index in [1.54, 1.807) is 6.07 Å². The van der Waals surface area contributed by atoms with Crippen molar-refractivity contribution in [3.63, 3.8) is 0 Å². The van der Waals surface area contributed by atoms with Crippen molar-refractivity contribution in [1.82, 2.24) is 19.9 Å². The number of ether oxygens (including phenoxy) is 1. The average Bonchev–Trinajstić information content (AvgIpc) is 3.12. The summed E-state index contributed by atoms with van der Waals surface area (Å²) in [5.41, 5.74) is 4.67. The van der Waals surface area contributed by atoms with E-state index in [9.17, 15) is 5.26 Å². The van der Waals surface area contributed by atoms with Crippen LogP contribution in [0.5, 0.6) is 11.6 Å². The number of benzene rings is 1. The predicted molar refractivity (Wildman–Crippen MR) is 99.1 cm³/mol. The molecule has 126 valence electrons. The molecule has 0 aliphatic heterocycles. The normalized spacial score (nSPS) is 10.7. The van der Waals surface area contributed by atoms with Gasteiger partial charge in [-0.15, -0.1) is 11.3 Å². The Kier molecular flexibility index (Phi) is 4.03. The number of aryl methyl sites for hydroxylation is 2. The standard InChI is InChI=1S/C19H13N5OS/c1-11-17(12(2)22-9-21-11)15-4-3-14(7-13(15)8-20)25-19-18-16(5-6-26-18)23-10-24-19/h3-7,9-10H,1-2H3. The summed E-state index contributed by atoms with van der Waals surface area (Å²) in [5.74, 6) is 1.03. The fourth-order valence-electron chi connectivity index (χ4n) is 2.83. The molecule has 0 fully saturated rings. The number of hydrogen-bond donors (Lipinski definition) is 0. The Bertz CT molecular complexity index is 1140. The van der Waals surface area contributed by atoms with Gasteiger partial charge >= 0.3 is 0 Å². The molecule has 0 saturated carbocycles. The third-order valence-electron chi connectivity index (χ3n) is 4.03. The quantitative estimate of drug-likeness (QED) is 0.538. The van der Waals surface area contributed by atoms with Crippen molar-refractivity contribution in [3.05, 3.63) is 59.3 Å². The first-order chi connectivity index (χ1) is 12.7. The molecule has 4 aromatic rings. The lowest BCUT2D eigenvalue weighted by Gasteiger charge is -2.11. The van der Waals surface area contributed by atoms with Gasteiger partial charge in [0.15, 0.2) is 0 Å². The van der Waals surface area contributed by atoms with Gasteiger partial charge in [-0.2, -0.15) is 5.26 Å². The fourth-order valence-corrected chi connectivity index (χ4v) is 3.60. The Morgan fingerprint density at radius 1 is 1.00 bits per heavy atom. The minimum Gasteiger partial charge on any atom is -0.437 e. The third-order valence-corrected chi connectivity index (χ3v) is 4.92. The zero-order valence-electron chi connectivity index (χ0n) is 14.1. The fraction of sp³-hybridized carbons (Fsp3) is 0.105. The average molecular weight is 359 g/mol. The molecule has 0 unspecified atom stereocenters. The summed E-state index contributed by atoms with van der Waals surface area (Å²) in [4.78, 5) is 16.9. The van der Waals surface area contributed by atoms with Crippen molar-refractivity contribution in [3.8, 4) is 28.8 Å². The molecule has 6 nitrogen and oxygen atoms in total. The van der Waals surface area contributed by atoms with Crippen LogP contribution in [0.15, 0.2) is 42.3 Å². The molecule has 0 saturated heterocycles. The molecule has 0 atom stereocenters. The van der Waals surface area contributed by atoms with Gasteiger partial charge in [-0.05, 0) is 43.5 Å². The van der Waals surface area contributed by atoms with E-state index in [-0.39, 0.29) is 0 Å². The van der Waals surface area contributed by atoms with Gasteiger partial charge < -0.3 is 4.74 Å². The summed E-state index contributed by atoms with van der Waals surface area (Å²) in [7, 11) is 0. The van der Waals surface area contributed by atoms with Crippen molar-refractivity contribution in [2.45, 2.75) is 13.8 Å². The van der Waals surface area contributed by atoms with Gasteiger partial charge in [0.25, 0.3) is 0 Å². The summed E-state index contributed by atoms with van der Waals surface area (Å²) in [6.07, 6.45) is 3.00. The Morgan fingerprint density at radius 3 is 2.54 bits per heavy atom. The SMILES string of the molecule is Cc1ncnc(C)c1-c1ccc(Oc2ncnc3ccsc23)cc1C#N. The first-order valence-electron chi connectivity index (χ1n) is 7.86. The second kappa shape index (κ2) is 6.50. The molecular formula is C19H13N5OS. The first kappa shape index (κ1) is 16.1. The molecule has 3 heterocycles. The smallest absolute Gasteiger partial charge is 0.240 e. The minimum atomic E-state index is 0.483. The van der Waals surface area contributed by atoms with Crippen molar-refractivity contribution in [1.29, 1.82) is 5.26 Å². The zero-order valence-corrected chi connectivity index (χ0v) is 14.9. The van der Waals surface area contributed by atoms with Crippen molar-refractivity contribution < 1.29 is 4.74 Å². The maximum absolute atomic E-state index is 9.62. The number of aromatic nitrogens is 4. The molecular weight excluding hydrogens is 346 g/mol. The monoisotopic (exact) mass is 359 g/mol. The van der Waals surface area contributed by atoms with Crippen LogP contribution in [0.3, 0.4) is 0 Å². The first-order valence-corrected chi connectivity index (χ1v) is 8.74. The Balaban J connectivity index is 1.77. The van der Waals surface area contributed by atoms with E-state index in [2.05, 4.69) is 26.0 Å². The second-order valence-corrected chi connectivity index (χ2v) is 6.57. The van der Waals surface area contributed by atoms with E-state index < -0.39 is 0 Å². The van der Waals surface area contributed by atoms with Crippen molar-refractivity contribution >= 4 is 21.6 Å². The molecule has 26 heavy (non-hydrogen) atoms. The lowest BCUT2D eigenvalue weighted by molar-refractivity contribution is 0.469. The minimum absolute atomic E-state index is 0.483. The maximum Gasteiger partial charge on any atom is 0.240 e. The van der Waals surface area contributed by atoms with Gasteiger partial charge in [0, 0.05) is 22.5 Å². The van der Waals surface area contributed by atoms with Crippen LogP contribution in [0.2, 0.25) is 0 Å². The molecule has 0 N–H and O–H groups in total. The van der Waals surface area contributed by atoms with Crippen LogP contribution in [0.1, 0.15) is 17.0 Å². The lowest BCUT2D eigenvalue weighted by Crippen LogP contribution is -1.97. The number of thiophene rings is 1. The lowest BCUT2D eigenvalue weighted by atomic mass is 9.98. The highest BCUT2D eigenvalue weighted by Crippen LogP contribution is 2.34. The topological polar surface area (TPSA) is 84.6 Å². The molecule has 0 bridgehead atoms. The Labute approximate surface area is 153 Å². The van der Waals surface area contributed by atoms with Gasteiger partial charge in [0.05, 0.1) is 17.1 Å². The summed E-state index contributed by atoms with van der Waals surface area (Å²) >= 11 is 1.52. The highest BCUT2D eigenvalue weighted by Gasteiger charge is 2.14. The molecule has 0 spiro atoms. The van der Waals surface area contributed by atoms with E-state index in [0.29, 0.717) is 17.2 Å². The van der Waals surface area contributed by atoms with Gasteiger partial charge in [-0.1, -0.05) is 0 Å². The van der Waals surface area contributed by atoms with Crippen LogP contribution in [0, 0.1) is 25.2 Å². The maximum atomic E-state index is 9.62. The Hall–Kier alpha value is -3.37. The van der Waals surface area contributed by atoms with E-state index >= 15 is 0 Å².